The molecule has 3 aromatic rings. The molecule has 2 heterocycles. The van der Waals surface area contributed by atoms with Crippen LogP contribution in [0.4, 0.5) is 14.5 Å². The monoisotopic (exact) mass is 473 g/mol. The number of carbonyl (C=O) groups excluding carboxylic acids is 2. The fourth-order valence-corrected chi connectivity index (χ4v) is 4.24. The molecule has 1 aliphatic rings. The quantitative estimate of drug-likeness (QED) is 0.309. The van der Waals surface area contributed by atoms with Gasteiger partial charge in [0, 0.05) is 6.07 Å². The van der Waals surface area contributed by atoms with E-state index in [1.807, 2.05) is 0 Å². The highest BCUT2D eigenvalue weighted by Crippen LogP contribution is 2.45. The molecule has 170 valence electrons. The van der Waals surface area contributed by atoms with Crippen molar-refractivity contribution in [3.63, 3.8) is 0 Å². The number of rotatable bonds is 4. The number of hydrogen-bond donors (Lipinski definition) is 1. The van der Waals surface area contributed by atoms with Crippen LogP contribution in [0.15, 0.2) is 52.5 Å². The Kier molecular flexibility index (Phi) is 5.71. The second-order valence-electron chi connectivity index (χ2n) is 7.54. The summed E-state index contributed by atoms with van der Waals surface area (Å²) in [6.45, 7) is 3.37. The minimum absolute atomic E-state index is 0.0772. The van der Waals surface area contributed by atoms with Gasteiger partial charge in [-0.05, 0) is 55.8 Å². The molecule has 0 radical (unpaired) electrons. The summed E-state index contributed by atoms with van der Waals surface area (Å²) in [6, 6.07) is 7.54. The molecule has 1 atom stereocenters. The number of aliphatic hydroxyl groups excluding tert-OH is 1. The van der Waals surface area contributed by atoms with Gasteiger partial charge in [0.25, 0.3) is 11.7 Å². The predicted molar refractivity (Wildman–Crippen MR) is 117 cm³/mol. The molecule has 1 unspecified atom stereocenters. The zero-order valence-electron chi connectivity index (χ0n) is 17.8. The summed E-state index contributed by atoms with van der Waals surface area (Å²) in [7, 11) is 1.34. The topological polar surface area (TPSA) is 80.0 Å². The number of methoxy groups -OCH3 is 1. The predicted octanol–water partition coefficient (Wildman–Crippen LogP) is 5.46. The molecular weight excluding hydrogens is 456 g/mol. The molecule has 1 aromatic heterocycles. The van der Waals surface area contributed by atoms with Crippen LogP contribution in [-0.4, -0.2) is 23.9 Å². The molecule has 6 nitrogen and oxygen atoms in total. The van der Waals surface area contributed by atoms with Gasteiger partial charge in [-0.3, -0.25) is 14.5 Å². The molecule has 0 saturated carbocycles. The van der Waals surface area contributed by atoms with E-state index in [-0.39, 0.29) is 33.4 Å². The molecule has 0 spiro atoms. The van der Waals surface area contributed by atoms with Crippen LogP contribution in [0.1, 0.15) is 28.7 Å². The highest BCUT2D eigenvalue weighted by Gasteiger charge is 2.49. The van der Waals surface area contributed by atoms with Crippen LogP contribution in [0.25, 0.3) is 5.76 Å². The smallest absolute Gasteiger partial charge is 0.300 e. The zero-order valence-corrected chi connectivity index (χ0v) is 18.5. The van der Waals surface area contributed by atoms with Crippen molar-refractivity contribution >= 4 is 34.7 Å². The van der Waals surface area contributed by atoms with E-state index in [1.54, 1.807) is 26.0 Å². The number of aliphatic hydroxyl groups is 1. The Hall–Kier alpha value is -3.65. The minimum atomic E-state index is -1.32. The van der Waals surface area contributed by atoms with Crippen LogP contribution < -0.4 is 9.64 Å². The lowest BCUT2D eigenvalue weighted by Gasteiger charge is -2.24. The van der Waals surface area contributed by atoms with Crippen molar-refractivity contribution < 1.29 is 32.6 Å². The van der Waals surface area contributed by atoms with E-state index in [1.165, 1.54) is 19.2 Å². The van der Waals surface area contributed by atoms with Crippen molar-refractivity contribution in [3.8, 4) is 5.75 Å². The van der Waals surface area contributed by atoms with Gasteiger partial charge in [-0.1, -0.05) is 11.6 Å². The standard InChI is InChI=1S/C24H18ClF2NO5/c1-11-8-14(23(32-3)15(25)9-11)21(29)19-20(18-7-4-12(2)33-18)28(24(31)22(19)30)17-6-5-13(26)10-16(17)27/h4-10,20,29H,1-3H3/b21-19+. The maximum Gasteiger partial charge on any atom is 0.300 e. The van der Waals surface area contributed by atoms with Gasteiger partial charge >= 0.3 is 0 Å². The molecule has 1 aliphatic heterocycles. The number of amides is 1. The van der Waals surface area contributed by atoms with Gasteiger partial charge in [0.2, 0.25) is 0 Å². The number of nitrogens with zero attached hydrogens (tertiary/aromatic N) is 1. The van der Waals surface area contributed by atoms with Gasteiger partial charge < -0.3 is 14.3 Å². The van der Waals surface area contributed by atoms with E-state index in [4.69, 9.17) is 20.8 Å². The van der Waals surface area contributed by atoms with Crippen molar-refractivity contribution in [1.82, 2.24) is 0 Å². The Morgan fingerprint density at radius 1 is 1.12 bits per heavy atom. The Morgan fingerprint density at radius 2 is 1.85 bits per heavy atom. The summed E-state index contributed by atoms with van der Waals surface area (Å²) in [4.78, 5) is 27.0. The number of Topliss-reactive ketones (excluding diaryl/α,β-unsaturated/α-hetero) is 1. The van der Waals surface area contributed by atoms with E-state index in [9.17, 15) is 23.5 Å². The van der Waals surface area contributed by atoms with Gasteiger partial charge in [0.1, 0.15) is 40.7 Å². The summed E-state index contributed by atoms with van der Waals surface area (Å²) in [5.41, 5.74) is 0.0452. The Morgan fingerprint density at radius 3 is 2.45 bits per heavy atom. The average molecular weight is 474 g/mol. The Balaban J connectivity index is 2.02. The summed E-state index contributed by atoms with van der Waals surface area (Å²) < 4.78 is 39.1. The highest BCUT2D eigenvalue weighted by atomic mass is 35.5. The number of hydrogen-bond acceptors (Lipinski definition) is 5. The third-order valence-electron chi connectivity index (χ3n) is 5.29. The number of ketones is 1. The molecule has 4 rings (SSSR count). The van der Waals surface area contributed by atoms with Crippen LogP contribution in [0.5, 0.6) is 5.75 Å². The molecule has 1 amide bonds. The molecule has 1 saturated heterocycles. The zero-order chi connectivity index (χ0) is 24.0. The maximum absolute atomic E-state index is 14.7. The lowest BCUT2D eigenvalue weighted by Crippen LogP contribution is -2.30. The molecule has 2 aromatic carbocycles. The summed E-state index contributed by atoms with van der Waals surface area (Å²) >= 11 is 6.24. The van der Waals surface area contributed by atoms with Crippen molar-refractivity contribution in [1.29, 1.82) is 0 Å². The highest BCUT2D eigenvalue weighted by molar-refractivity contribution is 6.51. The van der Waals surface area contributed by atoms with Crippen LogP contribution in [0.3, 0.4) is 0 Å². The molecule has 0 aliphatic carbocycles. The van der Waals surface area contributed by atoms with Crippen molar-refractivity contribution in [2.24, 2.45) is 0 Å². The molecule has 0 bridgehead atoms. The van der Waals surface area contributed by atoms with Crippen LogP contribution in [-0.2, 0) is 9.59 Å². The second kappa shape index (κ2) is 8.37. The number of aryl methyl sites for hydroxylation is 2. The number of carbonyl (C=O) groups is 2. The third-order valence-corrected chi connectivity index (χ3v) is 5.57. The van der Waals surface area contributed by atoms with Crippen LogP contribution >= 0.6 is 11.6 Å². The largest absolute Gasteiger partial charge is 0.507 e. The first-order valence-electron chi connectivity index (χ1n) is 9.81. The van der Waals surface area contributed by atoms with E-state index < -0.39 is 35.1 Å². The second-order valence-corrected chi connectivity index (χ2v) is 7.95. The number of furan rings is 1. The average Bonchev–Trinajstić information content (AvgIpc) is 3.28. The fraction of sp³-hybridized carbons (Fsp3) is 0.167. The number of anilines is 1. The fourth-order valence-electron chi connectivity index (χ4n) is 3.88. The van der Waals surface area contributed by atoms with Gasteiger partial charge in [0.15, 0.2) is 0 Å². The first-order valence-corrected chi connectivity index (χ1v) is 10.2. The SMILES string of the molecule is COc1c(Cl)cc(C)cc1/C(O)=C1\C(=O)C(=O)N(c2ccc(F)cc2F)C1c1ccc(C)o1. The van der Waals surface area contributed by atoms with Gasteiger partial charge in [0.05, 0.1) is 29.0 Å². The van der Waals surface area contributed by atoms with Crippen molar-refractivity contribution in [2.75, 3.05) is 12.0 Å². The first-order chi connectivity index (χ1) is 15.6. The van der Waals surface area contributed by atoms with Gasteiger partial charge in [-0.25, -0.2) is 8.78 Å². The molecule has 9 heteroatoms. The van der Waals surface area contributed by atoms with Crippen LogP contribution in [0.2, 0.25) is 5.02 Å². The third kappa shape index (κ3) is 3.76. The van der Waals surface area contributed by atoms with Gasteiger partial charge in [-0.2, -0.15) is 0 Å². The first kappa shape index (κ1) is 22.5. The van der Waals surface area contributed by atoms with Crippen molar-refractivity contribution in [3.05, 3.63) is 87.3 Å². The van der Waals surface area contributed by atoms with Gasteiger partial charge in [-0.15, -0.1) is 0 Å². The molecule has 1 fully saturated rings. The number of halogens is 3. The number of benzene rings is 2. The maximum atomic E-state index is 14.7. The summed E-state index contributed by atoms with van der Waals surface area (Å²) in [5, 5.41) is 11.4. The molecule has 33 heavy (non-hydrogen) atoms. The van der Waals surface area contributed by atoms with E-state index in [0.29, 0.717) is 17.4 Å². The molecule has 1 N–H and O–H groups in total. The van der Waals surface area contributed by atoms with E-state index in [2.05, 4.69) is 0 Å². The lowest BCUT2D eigenvalue weighted by atomic mass is 9.97. The van der Waals surface area contributed by atoms with Crippen LogP contribution in [0, 0.1) is 25.5 Å². The summed E-state index contributed by atoms with van der Waals surface area (Å²) in [6.07, 6.45) is 0. The molecular formula is C24H18ClF2NO5. The lowest BCUT2D eigenvalue weighted by molar-refractivity contribution is -0.132. The Labute approximate surface area is 192 Å². The van der Waals surface area contributed by atoms with Crippen molar-refractivity contribution in [2.45, 2.75) is 19.9 Å². The normalized spacial score (nSPS) is 17.6. The summed E-state index contributed by atoms with van der Waals surface area (Å²) in [5.74, 6) is -4.00. The Bertz CT molecular complexity index is 1330. The number of ether oxygens (including phenoxy) is 1. The van der Waals surface area contributed by atoms with E-state index in [0.717, 1.165) is 17.0 Å². The van der Waals surface area contributed by atoms with E-state index >= 15 is 0 Å². The minimum Gasteiger partial charge on any atom is -0.507 e.